The fourth-order valence-corrected chi connectivity index (χ4v) is 3.10. The number of non-ortho nitro benzene ring substituents is 1. The van der Waals surface area contributed by atoms with Gasteiger partial charge in [-0.15, -0.1) is 0 Å². The number of aliphatic hydroxyl groups is 3. The van der Waals surface area contributed by atoms with Crippen LogP contribution in [0.15, 0.2) is 18.2 Å². The van der Waals surface area contributed by atoms with Gasteiger partial charge < -0.3 is 24.8 Å². The third kappa shape index (κ3) is 2.29. The predicted molar refractivity (Wildman–Crippen MR) is 72.8 cm³/mol. The van der Waals surface area contributed by atoms with Gasteiger partial charge in [0.15, 0.2) is 0 Å². The Balaban J connectivity index is 1.99. The summed E-state index contributed by atoms with van der Waals surface area (Å²) in [5.74, 6) is -1.54. The minimum atomic E-state index is -1.54. The van der Waals surface area contributed by atoms with Crippen molar-refractivity contribution in [3.05, 3.63) is 39.4 Å². The fraction of sp³-hybridized carbons (Fsp3) is 0.571. The standard InChI is InChI=1S/C14H17NO7/c16-4-3-10-6-12(17)13(18)14(22-10)11-2-1-9(15(19)20)5-8(11)7-21-14/h1-2,5,10,12-13,16-18H,3-4,6-7H2/t10-,12+,13-,14+/m1/s1. The van der Waals surface area contributed by atoms with E-state index in [2.05, 4.69) is 0 Å². The van der Waals surface area contributed by atoms with Crippen LogP contribution in [0.1, 0.15) is 24.0 Å². The van der Waals surface area contributed by atoms with Crippen LogP contribution in [0, 0.1) is 10.1 Å². The van der Waals surface area contributed by atoms with E-state index < -0.39 is 29.0 Å². The van der Waals surface area contributed by atoms with Crippen LogP contribution in [0.4, 0.5) is 5.69 Å². The third-order valence-electron chi connectivity index (χ3n) is 4.17. The molecule has 120 valence electrons. The zero-order valence-electron chi connectivity index (χ0n) is 11.7. The van der Waals surface area contributed by atoms with Gasteiger partial charge in [-0.25, -0.2) is 0 Å². The average molecular weight is 311 g/mol. The first-order valence-corrected chi connectivity index (χ1v) is 7.04. The number of aliphatic hydroxyl groups excluding tert-OH is 3. The van der Waals surface area contributed by atoms with Crippen LogP contribution in [-0.2, 0) is 21.9 Å². The summed E-state index contributed by atoms with van der Waals surface area (Å²) in [6.45, 7) is -0.0662. The smallest absolute Gasteiger partial charge is 0.269 e. The van der Waals surface area contributed by atoms with Gasteiger partial charge >= 0.3 is 0 Å². The molecule has 8 heteroatoms. The molecule has 8 nitrogen and oxygen atoms in total. The van der Waals surface area contributed by atoms with Crippen LogP contribution >= 0.6 is 0 Å². The molecule has 2 aliphatic heterocycles. The zero-order chi connectivity index (χ0) is 15.9. The number of nitrogens with zero attached hydrogens (tertiary/aromatic N) is 1. The summed E-state index contributed by atoms with van der Waals surface area (Å²) in [4.78, 5) is 10.3. The van der Waals surface area contributed by atoms with Crippen LogP contribution in [0.2, 0.25) is 0 Å². The number of fused-ring (bicyclic) bond motifs is 2. The quantitative estimate of drug-likeness (QED) is 0.537. The van der Waals surface area contributed by atoms with E-state index in [0.717, 1.165) is 0 Å². The van der Waals surface area contributed by atoms with Crippen molar-refractivity contribution in [2.24, 2.45) is 0 Å². The van der Waals surface area contributed by atoms with Crippen molar-refractivity contribution in [2.75, 3.05) is 6.61 Å². The van der Waals surface area contributed by atoms with Crippen LogP contribution in [0.3, 0.4) is 0 Å². The second kappa shape index (κ2) is 5.56. The van der Waals surface area contributed by atoms with Crippen LogP contribution < -0.4 is 0 Å². The maximum Gasteiger partial charge on any atom is 0.269 e. The minimum Gasteiger partial charge on any atom is -0.396 e. The van der Waals surface area contributed by atoms with Crippen molar-refractivity contribution >= 4 is 5.69 Å². The van der Waals surface area contributed by atoms with E-state index in [4.69, 9.17) is 14.6 Å². The van der Waals surface area contributed by atoms with Gasteiger partial charge in [0.2, 0.25) is 5.79 Å². The maximum absolute atomic E-state index is 10.8. The molecular weight excluding hydrogens is 294 g/mol. The Kier molecular flexibility index (Phi) is 3.87. The highest BCUT2D eigenvalue weighted by Crippen LogP contribution is 2.46. The van der Waals surface area contributed by atoms with E-state index in [0.29, 0.717) is 17.5 Å². The first kappa shape index (κ1) is 15.3. The lowest BCUT2D eigenvalue weighted by molar-refractivity contribution is -0.384. The van der Waals surface area contributed by atoms with Gasteiger partial charge in [0.05, 0.1) is 23.7 Å². The first-order chi connectivity index (χ1) is 10.5. The molecule has 0 saturated carbocycles. The molecule has 4 atom stereocenters. The van der Waals surface area contributed by atoms with Crippen LogP contribution in [0.25, 0.3) is 0 Å². The Bertz CT molecular complexity index is 593. The molecule has 3 rings (SSSR count). The van der Waals surface area contributed by atoms with E-state index in [1.54, 1.807) is 0 Å². The monoisotopic (exact) mass is 311 g/mol. The molecule has 22 heavy (non-hydrogen) atoms. The molecule has 1 aromatic carbocycles. The summed E-state index contributed by atoms with van der Waals surface area (Å²) < 4.78 is 11.4. The molecule has 3 N–H and O–H groups in total. The molecule has 2 aliphatic rings. The number of rotatable bonds is 3. The van der Waals surface area contributed by atoms with E-state index in [-0.39, 0.29) is 25.3 Å². The largest absolute Gasteiger partial charge is 0.396 e. The number of hydrogen-bond acceptors (Lipinski definition) is 7. The topological polar surface area (TPSA) is 122 Å². The Morgan fingerprint density at radius 1 is 1.41 bits per heavy atom. The Hall–Kier alpha value is -1.58. The molecule has 1 aromatic rings. The number of nitro benzene ring substituents is 1. The molecule has 1 fully saturated rings. The molecule has 0 aliphatic carbocycles. The zero-order valence-corrected chi connectivity index (χ0v) is 11.7. The van der Waals surface area contributed by atoms with Crippen molar-refractivity contribution in [1.29, 1.82) is 0 Å². The Morgan fingerprint density at radius 2 is 2.18 bits per heavy atom. The lowest BCUT2D eigenvalue weighted by Crippen LogP contribution is -2.55. The summed E-state index contributed by atoms with van der Waals surface area (Å²) in [7, 11) is 0. The van der Waals surface area contributed by atoms with Gasteiger partial charge in [0.25, 0.3) is 5.69 Å². The van der Waals surface area contributed by atoms with Gasteiger partial charge in [-0.1, -0.05) is 0 Å². The van der Waals surface area contributed by atoms with Crippen molar-refractivity contribution in [3.63, 3.8) is 0 Å². The van der Waals surface area contributed by atoms with Crippen LogP contribution in [-0.4, -0.2) is 45.2 Å². The molecule has 0 aromatic heterocycles. The summed E-state index contributed by atoms with van der Waals surface area (Å²) in [5.41, 5.74) is 0.953. The Labute approximate surface area is 126 Å². The molecular formula is C14H17NO7. The highest BCUT2D eigenvalue weighted by molar-refractivity contribution is 5.44. The predicted octanol–water partition coefficient (Wildman–Crippen LogP) is 0.171. The average Bonchev–Trinajstić information content (AvgIpc) is 2.84. The van der Waals surface area contributed by atoms with Gasteiger partial charge in [0, 0.05) is 30.7 Å². The normalized spacial score (nSPS) is 33.9. The number of benzene rings is 1. The summed E-state index contributed by atoms with van der Waals surface area (Å²) >= 11 is 0. The van der Waals surface area contributed by atoms with Crippen molar-refractivity contribution in [3.8, 4) is 0 Å². The van der Waals surface area contributed by atoms with Crippen molar-refractivity contribution in [2.45, 2.75) is 43.5 Å². The second-order valence-electron chi connectivity index (χ2n) is 5.55. The van der Waals surface area contributed by atoms with E-state index in [1.165, 1.54) is 18.2 Å². The summed E-state index contributed by atoms with van der Waals surface area (Å²) in [6, 6.07) is 4.17. The molecule has 1 spiro atoms. The number of hydrogen-bond donors (Lipinski definition) is 3. The van der Waals surface area contributed by atoms with Gasteiger partial charge in [-0.2, -0.15) is 0 Å². The fourth-order valence-electron chi connectivity index (χ4n) is 3.10. The SMILES string of the molecule is O=[N+]([O-])c1ccc2c(c1)CO[C@]21O[C@H](CCO)C[C@H](O)[C@H]1O. The van der Waals surface area contributed by atoms with E-state index >= 15 is 0 Å². The molecule has 1 saturated heterocycles. The van der Waals surface area contributed by atoms with E-state index in [9.17, 15) is 20.3 Å². The maximum atomic E-state index is 10.8. The lowest BCUT2D eigenvalue weighted by atomic mass is 9.88. The van der Waals surface area contributed by atoms with Gasteiger partial charge in [-0.05, 0) is 18.1 Å². The molecule has 2 heterocycles. The van der Waals surface area contributed by atoms with Gasteiger partial charge in [-0.3, -0.25) is 10.1 Å². The van der Waals surface area contributed by atoms with Gasteiger partial charge in [0.1, 0.15) is 6.10 Å². The molecule has 0 unspecified atom stereocenters. The first-order valence-electron chi connectivity index (χ1n) is 7.04. The Morgan fingerprint density at radius 3 is 2.86 bits per heavy atom. The molecule has 0 radical (unpaired) electrons. The minimum absolute atomic E-state index is 0.0483. The lowest BCUT2D eigenvalue weighted by Gasteiger charge is -2.44. The highest BCUT2D eigenvalue weighted by atomic mass is 16.7. The van der Waals surface area contributed by atoms with Crippen molar-refractivity contribution in [1.82, 2.24) is 0 Å². The number of ether oxygens (including phenoxy) is 2. The van der Waals surface area contributed by atoms with E-state index in [1.807, 2.05) is 0 Å². The van der Waals surface area contributed by atoms with Crippen molar-refractivity contribution < 1.29 is 29.7 Å². The summed E-state index contributed by atoms with van der Waals surface area (Å²) in [5, 5.41) is 40.3. The third-order valence-corrected chi connectivity index (χ3v) is 4.17. The molecule has 0 bridgehead atoms. The number of nitro groups is 1. The molecule has 0 amide bonds. The van der Waals surface area contributed by atoms with Crippen LogP contribution in [0.5, 0.6) is 0 Å². The highest BCUT2D eigenvalue weighted by Gasteiger charge is 2.55. The second-order valence-corrected chi connectivity index (χ2v) is 5.55. The summed E-state index contributed by atoms with van der Waals surface area (Å²) in [6.07, 6.45) is -2.34.